The monoisotopic (exact) mass is 485 g/mol. The van der Waals surface area contributed by atoms with Gasteiger partial charge in [-0.25, -0.2) is 18.4 Å². The van der Waals surface area contributed by atoms with Gasteiger partial charge in [-0.2, -0.15) is 0 Å². The first-order valence-electron chi connectivity index (χ1n) is 12.5. The summed E-state index contributed by atoms with van der Waals surface area (Å²) in [5, 5.41) is 5.24. The van der Waals surface area contributed by atoms with Crippen LogP contribution in [0.2, 0.25) is 0 Å². The molecule has 7 heteroatoms. The van der Waals surface area contributed by atoms with Crippen LogP contribution in [0.5, 0.6) is 0 Å². The molecule has 0 heterocycles. The summed E-state index contributed by atoms with van der Waals surface area (Å²) in [6.07, 6.45) is 8.29. The average molecular weight is 486 g/mol. The molecule has 2 N–H and O–H groups in total. The zero-order valence-electron chi connectivity index (χ0n) is 20.3. The third kappa shape index (κ3) is 3.67. The van der Waals surface area contributed by atoms with Crippen LogP contribution >= 0.6 is 0 Å². The molecule has 4 unspecified atom stereocenters. The number of ketones is 1. The van der Waals surface area contributed by atoms with Gasteiger partial charge in [-0.3, -0.25) is 4.79 Å². The SMILES string of the molecule is CC1CC2=CC(=O)CC[C@]2(C)C2CC[C@@]3(C)C(CC[C@@H]3OC(=O)c3cccc(S(N)(=O)=O)c3)C12. The van der Waals surface area contributed by atoms with E-state index in [1.807, 2.05) is 6.08 Å². The molecule has 184 valence electrons. The Morgan fingerprint density at radius 2 is 1.88 bits per heavy atom. The third-order valence-electron chi connectivity index (χ3n) is 9.87. The van der Waals surface area contributed by atoms with Crippen molar-refractivity contribution in [3.63, 3.8) is 0 Å². The van der Waals surface area contributed by atoms with Crippen molar-refractivity contribution in [2.75, 3.05) is 0 Å². The second kappa shape index (κ2) is 8.02. The molecular weight excluding hydrogens is 450 g/mol. The first-order valence-corrected chi connectivity index (χ1v) is 14.1. The van der Waals surface area contributed by atoms with Crippen LogP contribution < -0.4 is 5.14 Å². The van der Waals surface area contributed by atoms with Gasteiger partial charge in [0.2, 0.25) is 10.0 Å². The van der Waals surface area contributed by atoms with Gasteiger partial charge in [-0.15, -0.1) is 0 Å². The van der Waals surface area contributed by atoms with E-state index in [0.29, 0.717) is 30.1 Å². The number of primary sulfonamides is 1. The molecule has 3 fully saturated rings. The summed E-state index contributed by atoms with van der Waals surface area (Å²) in [7, 11) is -3.89. The number of carbonyl (C=O) groups excluding carboxylic acids is 2. The summed E-state index contributed by atoms with van der Waals surface area (Å²) in [5.41, 5.74) is 1.59. The number of ether oxygens (including phenoxy) is 1. The maximum absolute atomic E-state index is 13.0. The molecule has 0 spiro atoms. The first-order chi connectivity index (χ1) is 15.9. The predicted octanol–water partition coefficient (Wildman–Crippen LogP) is 4.64. The molecule has 3 saturated carbocycles. The Balaban J connectivity index is 1.38. The lowest BCUT2D eigenvalue weighted by Gasteiger charge is -2.59. The fourth-order valence-electron chi connectivity index (χ4n) is 8.05. The molecule has 0 amide bonds. The van der Waals surface area contributed by atoms with E-state index in [2.05, 4.69) is 20.8 Å². The van der Waals surface area contributed by atoms with Gasteiger partial charge < -0.3 is 4.74 Å². The molecule has 34 heavy (non-hydrogen) atoms. The van der Waals surface area contributed by atoms with Crippen LogP contribution in [-0.4, -0.2) is 26.3 Å². The standard InChI is InChI=1S/C27H35NO5S/c1-16-13-18-15-19(29)9-11-26(18,2)22-10-12-27(3)21(24(16)22)7-8-23(27)33-25(30)17-5-4-6-20(14-17)34(28,31)32/h4-6,14-16,21-24H,7-13H2,1-3H3,(H2,28,31,32)/t16?,21?,22?,23-,24?,26-,27-/m0/s1. The van der Waals surface area contributed by atoms with Gasteiger partial charge in [0.1, 0.15) is 6.10 Å². The largest absolute Gasteiger partial charge is 0.458 e. The quantitative estimate of drug-likeness (QED) is 0.628. The zero-order chi connectivity index (χ0) is 24.5. The Morgan fingerprint density at radius 3 is 2.62 bits per heavy atom. The van der Waals surface area contributed by atoms with Gasteiger partial charge in [-0.05, 0) is 91.9 Å². The van der Waals surface area contributed by atoms with Gasteiger partial charge in [-0.1, -0.05) is 32.4 Å². The normalized spacial score (nSPS) is 39.5. The molecule has 0 radical (unpaired) electrons. The number of hydrogen-bond donors (Lipinski definition) is 1. The molecule has 5 rings (SSSR count). The zero-order valence-corrected chi connectivity index (χ0v) is 21.1. The number of nitrogens with two attached hydrogens (primary N) is 1. The van der Waals surface area contributed by atoms with Crippen molar-refractivity contribution in [2.24, 2.45) is 39.6 Å². The Bertz CT molecular complexity index is 1170. The highest BCUT2D eigenvalue weighted by Gasteiger charge is 2.61. The van der Waals surface area contributed by atoms with Crippen molar-refractivity contribution in [1.82, 2.24) is 0 Å². The summed E-state index contributed by atoms with van der Waals surface area (Å²) in [4.78, 5) is 25.1. The number of fused-ring (bicyclic) bond motifs is 5. The number of carbonyl (C=O) groups is 2. The summed E-state index contributed by atoms with van der Waals surface area (Å²) >= 11 is 0. The van der Waals surface area contributed by atoms with Crippen molar-refractivity contribution in [2.45, 2.75) is 76.7 Å². The molecule has 1 aromatic rings. The molecule has 0 saturated heterocycles. The van der Waals surface area contributed by atoms with Gasteiger partial charge in [0.05, 0.1) is 10.5 Å². The van der Waals surface area contributed by atoms with Gasteiger partial charge in [0.15, 0.2) is 5.78 Å². The van der Waals surface area contributed by atoms with Gasteiger partial charge in [0.25, 0.3) is 0 Å². The molecular formula is C27H35NO5S. The number of allylic oxidation sites excluding steroid dienone is 1. The minimum absolute atomic E-state index is 0.0861. The number of rotatable bonds is 3. The van der Waals surface area contributed by atoms with Crippen molar-refractivity contribution in [3.8, 4) is 0 Å². The molecule has 0 aromatic heterocycles. The topological polar surface area (TPSA) is 104 Å². The highest BCUT2D eigenvalue weighted by atomic mass is 32.2. The lowest BCUT2D eigenvalue weighted by atomic mass is 9.45. The molecule has 4 aliphatic rings. The van der Waals surface area contributed by atoms with E-state index in [-0.39, 0.29) is 33.2 Å². The Kier molecular flexibility index (Phi) is 5.60. The van der Waals surface area contributed by atoms with E-state index in [0.717, 1.165) is 38.5 Å². The van der Waals surface area contributed by atoms with Crippen LogP contribution in [-0.2, 0) is 19.6 Å². The lowest BCUT2D eigenvalue weighted by molar-refractivity contribution is -0.119. The lowest BCUT2D eigenvalue weighted by Crippen LogP contribution is -2.54. The second-order valence-electron chi connectivity index (χ2n) is 11.6. The van der Waals surface area contributed by atoms with Crippen LogP contribution in [0.3, 0.4) is 0 Å². The van der Waals surface area contributed by atoms with Crippen molar-refractivity contribution >= 4 is 21.8 Å². The summed E-state index contributed by atoms with van der Waals surface area (Å²) in [6, 6.07) is 5.77. The van der Waals surface area contributed by atoms with E-state index >= 15 is 0 Å². The Labute approximate surface area is 202 Å². The highest BCUT2D eigenvalue weighted by Crippen LogP contribution is 2.66. The number of hydrogen-bond acceptors (Lipinski definition) is 5. The minimum atomic E-state index is -3.89. The fourth-order valence-corrected chi connectivity index (χ4v) is 8.61. The number of esters is 1. The average Bonchev–Trinajstić information content (AvgIpc) is 3.10. The predicted molar refractivity (Wildman–Crippen MR) is 128 cm³/mol. The maximum Gasteiger partial charge on any atom is 0.338 e. The van der Waals surface area contributed by atoms with E-state index < -0.39 is 16.0 Å². The molecule has 0 aliphatic heterocycles. The summed E-state index contributed by atoms with van der Waals surface area (Å²) in [5.74, 6) is 1.89. The number of benzene rings is 1. The maximum atomic E-state index is 13.0. The smallest absolute Gasteiger partial charge is 0.338 e. The Morgan fingerprint density at radius 1 is 1.12 bits per heavy atom. The van der Waals surface area contributed by atoms with Gasteiger partial charge in [0, 0.05) is 11.8 Å². The van der Waals surface area contributed by atoms with Crippen molar-refractivity contribution < 1.29 is 22.7 Å². The molecule has 4 aliphatic carbocycles. The minimum Gasteiger partial charge on any atom is -0.458 e. The highest BCUT2D eigenvalue weighted by molar-refractivity contribution is 7.89. The molecule has 1 aromatic carbocycles. The number of sulfonamides is 1. The van der Waals surface area contributed by atoms with Crippen LogP contribution in [0.25, 0.3) is 0 Å². The summed E-state index contributed by atoms with van der Waals surface area (Å²) < 4.78 is 29.5. The van der Waals surface area contributed by atoms with E-state index in [9.17, 15) is 18.0 Å². The first kappa shape index (κ1) is 23.7. The van der Waals surface area contributed by atoms with Crippen molar-refractivity contribution in [3.05, 3.63) is 41.5 Å². The van der Waals surface area contributed by atoms with E-state index in [4.69, 9.17) is 9.88 Å². The fraction of sp³-hybridized carbons (Fsp3) is 0.630. The van der Waals surface area contributed by atoms with E-state index in [1.165, 1.54) is 23.8 Å². The van der Waals surface area contributed by atoms with Crippen molar-refractivity contribution in [1.29, 1.82) is 0 Å². The molecule has 7 atom stereocenters. The molecule has 0 bridgehead atoms. The van der Waals surface area contributed by atoms with Crippen LogP contribution in [0.15, 0.2) is 40.8 Å². The third-order valence-corrected chi connectivity index (χ3v) is 10.8. The van der Waals surface area contributed by atoms with Crippen LogP contribution in [0, 0.1) is 34.5 Å². The Hall–Kier alpha value is -1.99. The van der Waals surface area contributed by atoms with Crippen LogP contribution in [0.1, 0.15) is 76.1 Å². The summed E-state index contributed by atoms with van der Waals surface area (Å²) in [6.45, 7) is 6.99. The van der Waals surface area contributed by atoms with Crippen LogP contribution in [0.4, 0.5) is 0 Å². The van der Waals surface area contributed by atoms with E-state index in [1.54, 1.807) is 6.07 Å². The van der Waals surface area contributed by atoms with Gasteiger partial charge >= 0.3 is 5.97 Å². The molecule has 6 nitrogen and oxygen atoms in total. The second-order valence-corrected chi connectivity index (χ2v) is 13.2.